The fourth-order valence-electron chi connectivity index (χ4n) is 8.46. The molecule has 0 bridgehead atoms. The van der Waals surface area contributed by atoms with E-state index in [4.69, 9.17) is 4.98 Å². The number of aromatic nitrogens is 1. The molecule has 1 spiro atoms. The van der Waals surface area contributed by atoms with Crippen LogP contribution >= 0.6 is 0 Å². The van der Waals surface area contributed by atoms with Crippen molar-refractivity contribution < 1.29 is 0 Å². The summed E-state index contributed by atoms with van der Waals surface area (Å²) in [6.07, 6.45) is 0. The molecule has 0 amide bonds. The molecule has 10 rings (SSSR count). The average Bonchev–Trinajstić information content (AvgIpc) is 3.66. The normalized spacial score (nSPS) is 13.1. The van der Waals surface area contributed by atoms with E-state index >= 15 is 0 Å². The number of hydrogen-bond acceptors (Lipinski definition) is 1. The molecule has 1 nitrogen and oxygen atoms in total. The number of rotatable bonds is 4. The minimum Gasteiger partial charge on any atom is -0.248 e. The molecule has 0 unspecified atom stereocenters. The van der Waals surface area contributed by atoms with Gasteiger partial charge in [-0.1, -0.05) is 170 Å². The fraction of sp³-hybridized carbons (Fsp3) is 0.0208. The first-order chi connectivity index (χ1) is 24.3. The van der Waals surface area contributed by atoms with Crippen LogP contribution < -0.4 is 0 Å². The van der Waals surface area contributed by atoms with Crippen LogP contribution in [0.25, 0.3) is 67.0 Å². The van der Waals surface area contributed by atoms with Gasteiger partial charge in [0.2, 0.25) is 0 Å². The van der Waals surface area contributed by atoms with Crippen LogP contribution in [0, 0.1) is 0 Å². The zero-order valence-electron chi connectivity index (χ0n) is 26.8. The molecule has 0 saturated heterocycles. The van der Waals surface area contributed by atoms with Crippen LogP contribution in [0.2, 0.25) is 0 Å². The number of hydrogen-bond donors (Lipinski definition) is 0. The topological polar surface area (TPSA) is 12.9 Å². The van der Waals surface area contributed by atoms with Gasteiger partial charge in [0.25, 0.3) is 0 Å². The summed E-state index contributed by atoms with van der Waals surface area (Å²) in [6.45, 7) is 0. The Labute approximate surface area is 286 Å². The van der Waals surface area contributed by atoms with Gasteiger partial charge in [0.05, 0.1) is 16.8 Å². The van der Waals surface area contributed by atoms with Crippen LogP contribution in [0.1, 0.15) is 22.3 Å². The molecule has 0 N–H and O–H groups in total. The third-order valence-electron chi connectivity index (χ3n) is 10.5. The molecule has 1 heterocycles. The largest absolute Gasteiger partial charge is 0.248 e. The van der Waals surface area contributed by atoms with E-state index in [1.165, 1.54) is 61.2 Å². The first-order valence-electron chi connectivity index (χ1n) is 17.0. The van der Waals surface area contributed by atoms with Crippen LogP contribution in [0.15, 0.2) is 188 Å². The van der Waals surface area contributed by atoms with Crippen LogP contribution in [-0.4, -0.2) is 4.98 Å². The Morgan fingerprint density at radius 1 is 0.286 bits per heavy atom. The number of pyridine rings is 1. The maximum absolute atomic E-state index is 5.49. The summed E-state index contributed by atoms with van der Waals surface area (Å²) in [6, 6.07) is 68.4. The van der Waals surface area contributed by atoms with Crippen molar-refractivity contribution >= 4 is 0 Å². The first-order valence-corrected chi connectivity index (χ1v) is 17.0. The molecular weight excluding hydrogens is 591 g/mol. The van der Waals surface area contributed by atoms with E-state index in [1.54, 1.807) is 0 Å². The maximum atomic E-state index is 5.49. The Kier molecular flexibility index (Phi) is 6.16. The van der Waals surface area contributed by atoms with Crippen molar-refractivity contribution in [2.24, 2.45) is 0 Å². The monoisotopic (exact) mass is 621 g/mol. The van der Waals surface area contributed by atoms with Crippen molar-refractivity contribution in [1.82, 2.24) is 4.98 Å². The van der Waals surface area contributed by atoms with E-state index in [1.807, 2.05) is 0 Å². The third-order valence-corrected chi connectivity index (χ3v) is 10.5. The van der Waals surface area contributed by atoms with Crippen LogP contribution in [0.3, 0.4) is 0 Å². The molecule has 0 radical (unpaired) electrons. The summed E-state index contributed by atoms with van der Waals surface area (Å²) in [5.74, 6) is 0. The predicted octanol–water partition coefficient (Wildman–Crippen LogP) is 12.1. The standard InChI is InChI=1S/C48H31N/c1-3-15-32(16-4-1)34-19-13-20-35(29-34)45-30-36(33-17-5-2-6-18-33)31-46(49-45)40-24-14-28-44-47(40)39-23-9-12-27-43(39)48(44)41-25-10-7-21-37(41)38-22-8-11-26-42(38)48/h1-31H. The second-order valence-electron chi connectivity index (χ2n) is 13.1. The van der Waals surface area contributed by atoms with Gasteiger partial charge in [-0.3, -0.25) is 0 Å². The highest BCUT2D eigenvalue weighted by Crippen LogP contribution is 2.63. The quantitative estimate of drug-likeness (QED) is 0.191. The summed E-state index contributed by atoms with van der Waals surface area (Å²) >= 11 is 0. The first kappa shape index (κ1) is 27.8. The molecule has 0 atom stereocenters. The molecule has 0 saturated carbocycles. The number of nitrogens with zero attached hydrogens (tertiary/aromatic N) is 1. The average molecular weight is 622 g/mol. The zero-order valence-corrected chi connectivity index (χ0v) is 26.8. The Balaban J connectivity index is 1.24. The van der Waals surface area contributed by atoms with E-state index in [0.717, 1.165) is 28.1 Å². The lowest BCUT2D eigenvalue weighted by atomic mass is 9.70. The Bertz CT molecular complexity index is 2500. The Hall–Kier alpha value is -6.31. The number of benzene rings is 7. The summed E-state index contributed by atoms with van der Waals surface area (Å²) in [7, 11) is 0. The van der Waals surface area contributed by atoms with Crippen molar-refractivity contribution in [2.75, 3.05) is 0 Å². The molecule has 2 aliphatic rings. The molecule has 0 fully saturated rings. The van der Waals surface area contributed by atoms with Gasteiger partial charge in [-0.05, 0) is 85.0 Å². The highest BCUT2D eigenvalue weighted by atomic mass is 14.7. The Morgan fingerprint density at radius 3 is 1.41 bits per heavy atom. The molecule has 49 heavy (non-hydrogen) atoms. The van der Waals surface area contributed by atoms with Gasteiger partial charge >= 0.3 is 0 Å². The summed E-state index contributed by atoms with van der Waals surface area (Å²) < 4.78 is 0. The Morgan fingerprint density at radius 2 is 0.735 bits per heavy atom. The molecule has 2 aliphatic carbocycles. The van der Waals surface area contributed by atoms with Gasteiger partial charge in [0.1, 0.15) is 0 Å². The fourth-order valence-corrected chi connectivity index (χ4v) is 8.46. The smallest absolute Gasteiger partial charge is 0.0725 e. The number of fused-ring (bicyclic) bond motifs is 10. The predicted molar refractivity (Wildman–Crippen MR) is 202 cm³/mol. The van der Waals surface area contributed by atoms with E-state index < -0.39 is 0 Å². The molecule has 7 aromatic carbocycles. The second kappa shape index (κ2) is 10.9. The molecule has 1 heteroatoms. The summed E-state index contributed by atoms with van der Waals surface area (Å²) in [4.78, 5) is 5.49. The lowest BCUT2D eigenvalue weighted by molar-refractivity contribution is 0.794. The van der Waals surface area contributed by atoms with Gasteiger partial charge in [-0.15, -0.1) is 0 Å². The van der Waals surface area contributed by atoms with Crippen molar-refractivity contribution in [3.05, 3.63) is 210 Å². The van der Waals surface area contributed by atoms with E-state index in [9.17, 15) is 0 Å². The zero-order chi connectivity index (χ0) is 32.4. The lowest BCUT2D eigenvalue weighted by Gasteiger charge is -2.30. The van der Waals surface area contributed by atoms with Gasteiger partial charge in [-0.2, -0.15) is 0 Å². The van der Waals surface area contributed by atoms with Gasteiger partial charge in [0.15, 0.2) is 0 Å². The minimum atomic E-state index is -0.390. The molecule has 0 aliphatic heterocycles. The lowest BCUT2D eigenvalue weighted by Crippen LogP contribution is -2.25. The van der Waals surface area contributed by atoms with Crippen LogP contribution in [0.5, 0.6) is 0 Å². The summed E-state index contributed by atoms with van der Waals surface area (Å²) in [5.41, 5.74) is 19.1. The SMILES string of the molecule is c1ccc(-c2cccc(-c3cc(-c4ccccc4)cc(-c4cccc5c4-c4ccccc4C54c5ccccc5-c5ccccc54)n3)c2)cc1. The van der Waals surface area contributed by atoms with Crippen LogP contribution in [0.4, 0.5) is 0 Å². The van der Waals surface area contributed by atoms with Crippen molar-refractivity contribution in [1.29, 1.82) is 0 Å². The summed E-state index contributed by atoms with van der Waals surface area (Å²) in [5, 5.41) is 0. The second-order valence-corrected chi connectivity index (χ2v) is 13.1. The highest BCUT2D eigenvalue weighted by molar-refractivity contribution is 6.00. The highest BCUT2D eigenvalue weighted by Gasteiger charge is 2.52. The van der Waals surface area contributed by atoms with Gasteiger partial charge in [-0.25, -0.2) is 4.98 Å². The van der Waals surface area contributed by atoms with E-state index in [2.05, 4.69) is 188 Å². The minimum absolute atomic E-state index is 0.390. The van der Waals surface area contributed by atoms with Crippen LogP contribution in [-0.2, 0) is 5.41 Å². The molecule has 1 aromatic heterocycles. The third kappa shape index (κ3) is 4.09. The van der Waals surface area contributed by atoms with Crippen molar-refractivity contribution in [3.8, 4) is 67.0 Å². The van der Waals surface area contributed by atoms with Crippen molar-refractivity contribution in [3.63, 3.8) is 0 Å². The molecule has 228 valence electrons. The maximum Gasteiger partial charge on any atom is 0.0725 e. The molecular formula is C48H31N. The van der Waals surface area contributed by atoms with E-state index in [-0.39, 0.29) is 5.41 Å². The van der Waals surface area contributed by atoms with Gasteiger partial charge < -0.3 is 0 Å². The van der Waals surface area contributed by atoms with E-state index in [0.29, 0.717) is 0 Å². The van der Waals surface area contributed by atoms with Gasteiger partial charge in [0, 0.05) is 11.1 Å². The van der Waals surface area contributed by atoms with Crippen molar-refractivity contribution in [2.45, 2.75) is 5.41 Å². The molecule has 8 aromatic rings.